The Bertz CT molecular complexity index is 748. The van der Waals surface area contributed by atoms with Crippen molar-refractivity contribution in [3.63, 3.8) is 0 Å². The van der Waals surface area contributed by atoms with Gasteiger partial charge in [-0.1, -0.05) is 19.1 Å². The summed E-state index contributed by atoms with van der Waals surface area (Å²) in [5.74, 6) is 0.781. The van der Waals surface area contributed by atoms with E-state index in [1.807, 2.05) is 6.92 Å². The van der Waals surface area contributed by atoms with Crippen LogP contribution in [-0.2, 0) is 16.0 Å². The van der Waals surface area contributed by atoms with E-state index >= 15 is 0 Å². The highest BCUT2D eigenvalue weighted by atomic mass is 19.1. The molecule has 0 radical (unpaired) electrons. The molecule has 0 saturated heterocycles. The molecule has 0 saturated carbocycles. The van der Waals surface area contributed by atoms with Crippen LogP contribution >= 0.6 is 0 Å². The Kier molecular flexibility index (Phi) is 11.5. The molecule has 11 heteroatoms. The van der Waals surface area contributed by atoms with Crippen LogP contribution in [0.2, 0.25) is 0 Å². The molecule has 31 heavy (non-hydrogen) atoms. The molecule has 1 aromatic heterocycles. The average Bonchev–Trinajstić information content (AvgIpc) is 2.79. The highest BCUT2D eigenvalue weighted by Gasteiger charge is 2.11. The van der Waals surface area contributed by atoms with E-state index in [4.69, 9.17) is 15.2 Å². The van der Waals surface area contributed by atoms with E-state index in [0.29, 0.717) is 70.3 Å². The number of hydrogen-bond acceptors (Lipinski definition) is 10. The molecule has 0 aliphatic carbocycles. The molecule has 2 aromatic rings. The van der Waals surface area contributed by atoms with Crippen LogP contribution in [-0.4, -0.2) is 72.2 Å². The van der Waals surface area contributed by atoms with Gasteiger partial charge in [0.2, 0.25) is 17.8 Å². The summed E-state index contributed by atoms with van der Waals surface area (Å²) >= 11 is 0. The van der Waals surface area contributed by atoms with Gasteiger partial charge in [0, 0.05) is 19.6 Å². The molecule has 1 aromatic carbocycles. The van der Waals surface area contributed by atoms with Crippen molar-refractivity contribution < 1.29 is 19.0 Å². The third-order valence-electron chi connectivity index (χ3n) is 4.21. The maximum absolute atomic E-state index is 13.1. The number of benzene rings is 1. The number of nitrogens with zero attached hydrogens (tertiary/aromatic N) is 3. The Morgan fingerprint density at radius 1 is 0.968 bits per heavy atom. The third kappa shape index (κ3) is 9.83. The van der Waals surface area contributed by atoms with Crippen LogP contribution in [0.3, 0.4) is 0 Å². The number of aliphatic hydroxyl groups is 1. The number of halogens is 1. The average molecular weight is 438 g/mol. The standard InChI is InChI=1S/C20H32FN7O3/c1-2-17(14-29)25-20-27-18(23-8-10-31-12-11-30-9-7-22)26-19(28-20)24-13-15-3-5-16(21)6-4-15/h3-6,17,29H,2,7-14,22H2,1H3,(H3,23,24,25,26,27,28)/t17-/m1/s1. The van der Waals surface area contributed by atoms with Gasteiger partial charge < -0.3 is 36.3 Å². The van der Waals surface area contributed by atoms with Gasteiger partial charge >= 0.3 is 0 Å². The zero-order valence-corrected chi connectivity index (χ0v) is 17.8. The van der Waals surface area contributed by atoms with Crippen LogP contribution in [0.15, 0.2) is 24.3 Å². The van der Waals surface area contributed by atoms with Crippen LogP contribution in [0.25, 0.3) is 0 Å². The number of ether oxygens (including phenoxy) is 2. The SMILES string of the molecule is CC[C@H](CO)Nc1nc(NCCOCCOCCN)nc(NCc2ccc(F)cc2)n1. The monoisotopic (exact) mass is 437 g/mol. The Labute approximate surface area is 181 Å². The van der Waals surface area contributed by atoms with Crippen molar-refractivity contribution in [3.8, 4) is 0 Å². The van der Waals surface area contributed by atoms with E-state index in [2.05, 4.69) is 30.9 Å². The summed E-state index contributed by atoms with van der Waals surface area (Å²) in [6, 6.07) is 6.01. The third-order valence-corrected chi connectivity index (χ3v) is 4.21. The molecule has 0 amide bonds. The van der Waals surface area contributed by atoms with Crippen molar-refractivity contribution in [3.05, 3.63) is 35.6 Å². The summed E-state index contributed by atoms with van der Waals surface area (Å²) in [6.45, 7) is 5.26. The van der Waals surface area contributed by atoms with E-state index in [1.54, 1.807) is 12.1 Å². The number of anilines is 3. The van der Waals surface area contributed by atoms with Crippen LogP contribution in [0.5, 0.6) is 0 Å². The van der Waals surface area contributed by atoms with Crippen molar-refractivity contribution in [1.29, 1.82) is 0 Å². The summed E-state index contributed by atoms with van der Waals surface area (Å²) in [6.07, 6.45) is 0.712. The number of rotatable bonds is 16. The first-order chi connectivity index (χ1) is 15.1. The molecule has 0 unspecified atom stereocenters. The molecular weight excluding hydrogens is 405 g/mol. The lowest BCUT2D eigenvalue weighted by atomic mass is 10.2. The van der Waals surface area contributed by atoms with E-state index < -0.39 is 0 Å². The summed E-state index contributed by atoms with van der Waals surface area (Å²) in [7, 11) is 0. The number of hydrogen-bond donors (Lipinski definition) is 5. The highest BCUT2D eigenvalue weighted by molar-refractivity contribution is 5.43. The second kappa shape index (κ2) is 14.4. The van der Waals surface area contributed by atoms with Gasteiger partial charge in [0.15, 0.2) is 0 Å². The fourth-order valence-electron chi connectivity index (χ4n) is 2.48. The molecule has 0 bridgehead atoms. The molecule has 6 N–H and O–H groups in total. The lowest BCUT2D eigenvalue weighted by Crippen LogP contribution is -2.25. The van der Waals surface area contributed by atoms with Crippen molar-refractivity contribution in [2.24, 2.45) is 5.73 Å². The van der Waals surface area contributed by atoms with Gasteiger partial charge in [-0.3, -0.25) is 0 Å². The zero-order valence-electron chi connectivity index (χ0n) is 17.8. The largest absolute Gasteiger partial charge is 0.394 e. The summed E-state index contributed by atoms with van der Waals surface area (Å²) in [5.41, 5.74) is 6.24. The summed E-state index contributed by atoms with van der Waals surface area (Å²) in [5, 5.41) is 18.8. The minimum absolute atomic E-state index is 0.0383. The summed E-state index contributed by atoms with van der Waals surface area (Å²) < 4.78 is 23.8. The predicted molar refractivity (Wildman–Crippen MR) is 118 cm³/mol. The van der Waals surface area contributed by atoms with E-state index in [9.17, 15) is 9.50 Å². The van der Waals surface area contributed by atoms with E-state index in [1.165, 1.54) is 12.1 Å². The second-order valence-electron chi connectivity index (χ2n) is 6.66. The van der Waals surface area contributed by atoms with Crippen molar-refractivity contribution in [1.82, 2.24) is 15.0 Å². The van der Waals surface area contributed by atoms with Crippen LogP contribution in [0.4, 0.5) is 22.2 Å². The van der Waals surface area contributed by atoms with Crippen molar-refractivity contribution >= 4 is 17.8 Å². The minimum atomic E-state index is -0.287. The first-order valence-corrected chi connectivity index (χ1v) is 10.4. The maximum Gasteiger partial charge on any atom is 0.229 e. The Morgan fingerprint density at radius 2 is 1.61 bits per heavy atom. The molecule has 0 spiro atoms. The number of aromatic nitrogens is 3. The van der Waals surface area contributed by atoms with Crippen LogP contribution < -0.4 is 21.7 Å². The van der Waals surface area contributed by atoms with Gasteiger partial charge in [0.1, 0.15) is 5.82 Å². The first kappa shape index (κ1) is 24.7. The van der Waals surface area contributed by atoms with E-state index in [0.717, 1.165) is 5.56 Å². The Morgan fingerprint density at radius 3 is 2.26 bits per heavy atom. The normalized spacial score (nSPS) is 11.9. The fourth-order valence-corrected chi connectivity index (χ4v) is 2.48. The van der Waals surface area contributed by atoms with Crippen molar-refractivity contribution in [2.75, 3.05) is 62.1 Å². The zero-order chi connectivity index (χ0) is 22.3. The molecule has 2 rings (SSSR count). The first-order valence-electron chi connectivity index (χ1n) is 10.4. The van der Waals surface area contributed by atoms with Gasteiger partial charge in [-0.05, 0) is 24.1 Å². The van der Waals surface area contributed by atoms with Crippen LogP contribution in [0.1, 0.15) is 18.9 Å². The second-order valence-corrected chi connectivity index (χ2v) is 6.66. The molecule has 0 aliphatic rings. The quantitative estimate of drug-likeness (QED) is 0.243. The molecular formula is C20H32FN7O3. The molecule has 0 fully saturated rings. The maximum atomic E-state index is 13.1. The van der Waals surface area contributed by atoms with Gasteiger partial charge in [-0.25, -0.2) is 4.39 Å². The van der Waals surface area contributed by atoms with Crippen LogP contribution in [0, 0.1) is 5.82 Å². The molecule has 1 atom stereocenters. The highest BCUT2D eigenvalue weighted by Crippen LogP contribution is 2.13. The fraction of sp³-hybridized carbons (Fsp3) is 0.550. The number of aliphatic hydroxyl groups excluding tert-OH is 1. The van der Waals surface area contributed by atoms with Gasteiger partial charge in [0.05, 0.1) is 39.1 Å². The number of nitrogens with one attached hydrogen (secondary N) is 3. The Hall–Kier alpha value is -2.60. The van der Waals surface area contributed by atoms with Gasteiger partial charge in [-0.2, -0.15) is 15.0 Å². The molecule has 172 valence electrons. The lowest BCUT2D eigenvalue weighted by molar-refractivity contribution is 0.0547. The van der Waals surface area contributed by atoms with Gasteiger partial charge in [0.25, 0.3) is 0 Å². The van der Waals surface area contributed by atoms with Gasteiger partial charge in [-0.15, -0.1) is 0 Å². The molecule has 10 nitrogen and oxygen atoms in total. The smallest absolute Gasteiger partial charge is 0.229 e. The summed E-state index contributed by atoms with van der Waals surface area (Å²) in [4.78, 5) is 13.1. The van der Waals surface area contributed by atoms with E-state index in [-0.39, 0.29) is 18.5 Å². The topological polar surface area (TPSA) is 139 Å². The Balaban J connectivity index is 1.93. The molecule has 1 heterocycles. The predicted octanol–water partition coefficient (Wildman–Crippen LogP) is 1.21. The number of nitrogens with two attached hydrogens (primary N) is 1. The minimum Gasteiger partial charge on any atom is -0.394 e. The molecule has 0 aliphatic heterocycles. The lowest BCUT2D eigenvalue weighted by Gasteiger charge is -2.16. The van der Waals surface area contributed by atoms with Crippen molar-refractivity contribution in [2.45, 2.75) is 25.9 Å².